The van der Waals surface area contributed by atoms with E-state index in [1.807, 2.05) is 37.3 Å². The van der Waals surface area contributed by atoms with E-state index >= 15 is 0 Å². The van der Waals surface area contributed by atoms with E-state index in [9.17, 15) is 0 Å². The standard InChI is InChI=1S/C21H23BrN4/c1-15-13-20(25-16(2)18-8-4-3-5-9-18)26-21(24-15)23-12-11-17-7-6-10-19(22)14-17/h3-10,13-14,16H,11-12H2,1-2H3,(H2,23,24,25,26)/t16-/m0/s1. The van der Waals surface area contributed by atoms with Crippen LogP contribution in [0.25, 0.3) is 0 Å². The van der Waals surface area contributed by atoms with Gasteiger partial charge in [0.05, 0.1) is 0 Å². The zero-order valence-corrected chi connectivity index (χ0v) is 16.6. The predicted octanol–water partition coefficient (Wildman–Crippen LogP) is 5.38. The Kier molecular flexibility index (Phi) is 6.23. The monoisotopic (exact) mass is 410 g/mol. The molecule has 0 aliphatic rings. The number of halogens is 1. The lowest BCUT2D eigenvalue weighted by Crippen LogP contribution is -2.12. The molecule has 26 heavy (non-hydrogen) atoms. The van der Waals surface area contributed by atoms with Crippen LogP contribution in [-0.4, -0.2) is 16.5 Å². The third kappa shape index (κ3) is 5.30. The minimum Gasteiger partial charge on any atom is -0.363 e. The van der Waals surface area contributed by atoms with Gasteiger partial charge >= 0.3 is 0 Å². The molecule has 3 rings (SSSR count). The minimum atomic E-state index is 0.181. The first-order valence-corrected chi connectivity index (χ1v) is 9.55. The highest BCUT2D eigenvalue weighted by atomic mass is 79.9. The van der Waals surface area contributed by atoms with Crippen LogP contribution >= 0.6 is 15.9 Å². The zero-order chi connectivity index (χ0) is 18.4. The Balaban J connectivity index is 1.62. The third-order valence-electron chi connectivity index (χ3n) is 4.10. The SMILES string of the molecule is Cc1cc(N[C@@H](C)c2ccccc2)nc(NCCc2cccc(Br)c2)n1. The smallest absolute Gasteiger partial charge is 0.224 e. The molecule has 0 radical (unpaired) electrons. The van der Waals surface area contributed by atoms with Crippen LogP contribution in [0.2, 0.25) is 0 Å². The maximum atomic E-state index is 4.61. The van der Waals surface area contributed by atoms with E-state index in [0.29, 0.717) is 5.95 Å². The van der Waals surface area contributed by atoms with Gasteiger partial charge in [0, 0.05) is 28.8 Å². The van der Waals surface area contributed by atoms with Crippen molar-refractivity contribution in [3.8, 4) is 0 Å². The summed E-state index contributed by atoms with van der Waals surface area (Å²) in [5.41, 5.74) is 3.44. The number of rotatable bonds is 7. The molecule has 0 aliphatic heterocycles. The van der Waals surface area contributed by atoms with E-state index < -0.39 is 0 Å². The molecule has 0 saturated carbocycles. The molecule has 0 unspecified atom stereocenters. The van der Waals surface area contributed by atoms with Crippen LogP contribution in [0.15, 0.2) is 65.1 Å². The first-order valence-electron chi connectivity index (χ1n) is 8.75. The lowest BCUT2D eigenvalue weighted by atomic mass is 10.1. The highest BCUT2D eigenvalue weighted by Gasteiger charge is 2.08. The van der Waals surface area contributed by atoms with Crippen molar-refractivity contribution < 1.29 is 0 Å². The second-order valence-electron chi connectivity index (χ2n) is 6.30. The maximum Gasteiger partial charge on any atom is 0.224 e. The number of aryl methyl sites for hydroxylation is 1. The van der Waals surface area contributed by atoms with Crippen LogP contribution in [0.4, 0.5) is 11.8 Å². The fourth-order valence-corrected chi connectivity index (χ4v) is 3.23. The van der Waals surface area contributed by atoms with E-state index in [1.165, 1.54) is 11.1 Å². The second-order valence-corrected chi connectivity index (χ2v) is 7.22. The van der Waals surface area contributed by atoms with Crippen molar-refractivity contribution in [1.82, 2.24) is 9.97 Å². The average Bonchev–Trinajstić information content (AvgIpc) is 2.62. The lowest BCUT2D eigenvalue weighted by Gasteiger charge is -2.16. The molecular weight excluding hydrogens is 388 g/mol. The fourth-order valence-electron chi connectivity index (χ4n) is 2.78. The quantitative estimate of drug-likeness (QED) is 0.549. The summed E-state index contributed by atoms with van der Waals surface area (Å²) in [7, 11) is 0. The number of anilines is 2. The second kappa shape index (κ2) is 8.81. The molecule has 0 fully saturated rings. The molecule has 0 spiro atoms. The summed E-state index contributed by atoms with van der Waals surface area (Å²) in [6.45, 7) is 4.90. The molecular formula is C21H23BrN4. The van der Waals surface area contributed by atoms with Crippen LogP contribution in [0, 0.1) is 6.92 Å². The third-order valence-corrected chi connectivity index (χ3v) is 4.60. The van der Waals surface area contributed by atoms with Crippen molar-refractivity contribution in [1.29, 1.82) is 0 Å². The molecule has 1 aromatic heterocycles. The van der Waals surface area contributed by atoms with E-state index in [-0.39, 0.29) is 6.04 Å². The Hall–Kier alpha value is -2.40. The molecule has 0 bridgehead atoms. The van der Waals surface area contributed by atoms with Crippen LogP contribution < -0.4 is 10.6 Å². The predicted molar refractivity (Wildman–Crippen MR) is 112 cm³/mol. The summed E-state index contributed by atoms with van der Waals surface area (Å²) < 4.78 is 1.10. The Morgan fingerprint density at radius 3 is 2.58 bits per heavy atom. The normalized spacial score (nSPS) is 11.8. The van der Waals surface area contributed by atoms with Crippen LogP contribution in [-0.2, 0) is 6.42 Å². The van der Waals surface area contributed by atoms with Gasteiger partial charge in [-0.15, -0.1) is 0 Å². The summed E-state index contributed by atoms with van der Waals surface area (Å²) >= 11 is 3.51. The highest BCUT2D eigenvalue weighted by Crippen LogP contribution is 2.19. The molecule has 134 valence electrons. The molecule has 5 heteroatoms. The molecule has 0 amide bonds. The highest BCUT2D eigenvalue weighted by molar-refractivity contribution is 9.10. The number of hydrogen-bond donors (Lipinski definition) is 2. The minimum absolute atomic E-state index is 0.181. The topological polar surface area (TPSA) is 49.8 Å². The Labute approximate surface area is 163 Å². The van der Waals surface area contributed by atoms with Gasteiger partial charge in [-0.25, -0.2) is 4.98 Å². The van der Waals surface area contributed by atoms with Gasteiger partial charge in [-0.05, 0) is 43.5 Å². The number of nitrogens with zero attached hydrogens (tertiary/aromatic N) is 2. The first-order chi connectivity index (χ1) is 12.6. The molecule has 2 N–H and O–H groups in total. The fraction of sp³-hybridized carbons (Fsp3) is 0.238. The van der Waals surface area contributed by atoms with Gasteiger partial charge in [-0.3, -0.25) is 0 Å². The van der Waals surface area contributed by atoms with Gasteiger partial charge in [0.1, 0.15) is 5.82 Å². The molecule has 4 nitrogen and oxygen atoms in total. The van der Waals surface area contributed by atoms with Gasteiger partial charge in [0.15, 0.2) is 0 Å². The first kappa shape index (κ1) is 18.4. The van der Waals surface area contributed by atoms with Crippen molar-refractivity contribution >= 4 is 27.7 Å². The molecule has 2 aromatic carbocycles. The largest absolute Gasteiger partial charge is 0.363 e. The Bertz CT molecular complexity index is 852. The summed E-state index contributed by atoms with van der Waals surface area (Å²) in [5, 5.41) is 6.79. The number of hydrogen-bond acceptors (Lipinski definition) is 4. The summed E-state index contributed by atoms with van der Waals surface area (Å²) in [4.78, 5) is 9.10. The van der Waals surface area contributed by atoms with Gasteiger partial charge in [-0.2, -0.15) is 4.98 Å². The van der Waals surface area contributed by atoms with Crippen molar-refractivity contribution in [3.05, 3.63) is 82.0 Å². The number of aromatic nitrogens is 2. The Morgan fingerprint density at radius 2 is 1.81 bits per heavy atom. The van der Waals surface area contributed by atoms with Crippen molar-refractivity contribution in [3.63, 3.8) is 0 Å². The number of benzene rings is 2. The zero-order valence-electron chi connectivity index (χ0n) is 15.0. The van der Waals surface area contributed by atoms with E-state index in [1.54, 1.807) is 0 Å². The van der Waals surface area contributed by atoms with Crippen molar-refractivity contribution in [2.24, 2.45) is 0 Å². The van der Waals surface area contributed by atoms with Crippen LogP contribution in [0.5, 0.6) is 0 Å². The van der Waals surface area contributed by atoms with Crippen molar-refractivity contribution in [2.45, 2.75) is 26.3 Å². The summed E-state index contributed by atoms with van der Waals surface area (Å²) in [5.74, 6) is 1.49. The van der Waals surface area contributed by atoms with Gasteiger partial charge in [0.2, 0.25) is 5.95 Å². The van der Waals surface area contributed by atoms with Crippen LogP contribution in [0.3, 0.4) is 0 Å². The van der Waals surface area contributed by atoms with E-state index in [4.69, 9.17) is 0 Å². The molecule has 3 aromatic rings. The van der Waals surface area contributed by atoms with Crippen LogP contribution in [0.1, 0.15) is 29.8 Å². The maximum absolute atomic E-state index is 4.61. The van der Waals surface area contributed by atoms with E-state index in [0.717, 1.165) is 29.0 Å². The summed E-state index contributed by atoms with van der Waals surface area (Å²) in [6, 6.07) is 20.8. The number of nitrogens with one attached hydrogen (secondary N) is 2. The summed E-state index contributed by atoms with van der Waals surface area (Å²) in [6.07, 6.45) is 0.917. The van der Waals surface area contributed by atoms with Gasteiger partial charge in [-0.1, -0.05) is 58.4 Å². The Morgan fingerprint density at radius 1 is 1.00 bits per heavy atom. The van der Waals surface area contributed by atoms with Gasteiger partial charge < -0.3 is 10.6 Å². The average molecular weight is 411 g/mol. The molecule has 0 aliphatic carbocycles. The van der Waals surface area contributed by atoms with Crippen molar-refractivity contribution in [2.75, 3.05) is 17.2 Å². The molecule has 1 atom stereocenters. The molecule has 0 saturated heterocycles. The van der Waals surface area contributed by atoms with E-state index in [2.05, 4.69) is 73.8 Å². The molecule has 1 heterocycles. The lowest BCUT2D eigenvalue weighted by molar-refractivity contribution is 0.868. The van der Waals surface area contributed by atoms with Gasteiger partial charge in [0.25, 0.3) is 0 Å².